The van der Waals surface area contributed by atoms with Crippen molar-refractivity contribution in [3.8, 4) is 0 Å². The number of thiocarbonyl (C=S) groups is 1. The summed E-state index contributed by atoms with van der Waals surface area (Å²) in [4.78, 5) is 4.11. The van der Waals surface area contributed by atoms with Gasteiger partial charge in [0.15, 0.2) is 11.6 Å². The molecule has 7 heteroatoms. The second kappa shape index (κ2) is 5.23. The van der Waals surface area contributed by atoms with Gasteiger partial charge >= 0.3 is 0 Å². The maximum Gasteiger partial charge on any atom is 0.161 e. The van der Waals surface area contributed by atoms with Crippen molar-refractivity contribution in [1.29, 1.82) is 0 Å². The molecule has 3 nitrogen and oxygen atoms in total. The van der Waals surface area contributed by atoms with Crippen LogP contribution in [0.4, 0.5) is 24.7 Å². The average Bonchev–Trinajstić information content (AvgIpc) is 2.36. The minimum absolute atomic E-state index is 0.179. The van der Waals surface area contributed by atoms with Crippen molar-refractivity contribution in [3.63, 3.8) is 0 Å². The van der Waals surface area contributed by atoms with Gasteiger partial charge in [-0.2, -0.15) is 0 Å². The van der Waals surface area contributed by atoms with Crippen LogP contribution in [0, 0.1) is 17.5 Å². The number of nitrogens with zero attached hydrogens (tertiary/aromatic N) is 1. The molecule has 0 radical (unpaired) electrons. The van der Waals surface area contributed by atoms with E-state index in [1.165, 1.54) is 12.3 Å². The molecule has 1 aromatic carbocycles. The summed E-state index contributed by atoms with van der Waals surface area (Å²) in [6, 6.07) is 4.25. The van der Waals surface area contributed by atoms with Crippen molar-refractivity contribution in [2.75, 3.05) is 5.32 Å². The second-order valence-electron chi connectivity index (χ2n) is 3.67. The van der Waals surface area contributed by atoms with Crippen molar-refractivity contribution in [2.24, 2.45) is 5.73 Å². The maximum atomic E-state index is 13.4. The summed E-state index contributed by atoms with van der Waals surface area (Å²) in [5.74, 6) is -3.06. The first kappa shape index (κ1) is 13.3. The highest BCUT2D eigenvalue weighted by Crippen LogP contribution is 2.21. The lowest BCUT2D eigenvalue weighted by Gasteiger charge is -2.08. The normalized spacial score (nSPS) is 10.3. The predicted octanol–water partition coefficient (Wildman–Crippen LogP) is 2.88. The lowest BCUT2D eigenvalue weighted by Crippen LogP contribution is -2.09. The minimum atomic E-state index is -1.25. The molecule has 0 saturated heterocycles. The first-order valence-electron chi connectivity index (χ1n) is 5.15. The lowest BCUT2D eigenvalue weighted by molar-refractivity contribution is 0.496. The highest BCUT2D eigenvalue weighted by atomic mass is 32.1. The van der Waals surface area contributed by atoms with Gasteiger partial charge in [0.1, 0.15) is 16.6 Å². The summed E-state index contributed by atoms with van der Waals surface area (Å²) >= 11 is 4.75. The molecule has 0 bridgehead atoms. The number of nitrogens with one attached hydrogen (secondary N) is 1. The zero-order valence-corrected chi connectivity index (χ0v) is 10.3. The van der Waals surface area contributed by atoms with E-state index >= 15 is 0 Å². The monoisotopic (exact) mass is 283 g/mol. The molecule has 0 aliphatic rings. The zero-order chi connectivity index (χ0) is 14.0. The highest BCUT2D eigenvalue weighted by molar-refractivity contribution is 7.80. The van der Waals surface area contributed by atoms with Gasteiger partial charge in [-0.15, -0.1) is 0 Å². The summed E-state index contributed by atoms with van der Waals surface area (Å²) in [7, 11) is 0. The van der Waals surface area contributed by atoms with E-state index in [-0.39, 0.29) is 16.5 Å². The number of hydrogen-bond acceptors (Lipinski definition) is 3. The Bertz CT molecular complexity index is 629. The molecule has 1 heterocycles. The molecule has 1 aromatic heterocycles. The Morgan fingerprint density at radius 3 is 2.37 bits per heavy atom. The van der Waals surface area contributed by atoms with Crippen LogP contribution < -0.4 is 11.1 Å². The Hall–Kier alpha value is -2.15. The summed E-state index contributed by atoms with van der Waals surface area (Å²) in [5.41, 5.74) is 5.73. The van der Waals surface area contributed by atoms with Crippen LogP contribution >= 0.6 is 12.2 Å². The first-order chi connectivity index (χ1) is 8.97. The van der Waals surface area contributed by atoms with Crippen molar-refractivity contribution >= 4 is 28.7 Å². The van der Waals surface area contributed by atoms with Crippen LogP contribution in [-0.4, -0.2) is 9.97 Å². The smallest absolute Gasteiger partial charge is 0.161 e. The van der Waals surface area contributed by atoms with Crippen LogP contribution in [0.25, 0.3) is 0 Å². The van der Waals surface area contributed by atoms with Gasteiger partial charge in [-0.3, -0.25) is 0 Å². The number of anilines is 2. The second-order valence-corrected chi connectivity index (χ2v) is 4.11. The molecule has 0 aliphatic carbocycles. The quantitative estimate of drug-likeness (QED) is 0.672. The van der Waals surface area contributed by atoms with E-state index in [0.717, 1.165) is 0 Å². The Morgan fingerprint density at radius 2 is 1.79 bits per heavy atom. The van der Waals surface area contributed by atoms with Gasteiger partial charge in [0.25, 0.3) is 0 Å². The van der Waals surface area contributed by atoms with Gasteiger partial charge in [-0.05, 0) is 12.1 Å². The number of benzene rings is 1. The van der Waals surface area contributed by atoms with Crippen molar-refractivity contribution in [3.05, 3.63) is 53.5 Å². The molecule has 0 spiro atoms. The largest absolute Gasteiger partial charge is 0.389 e. The van der Waals surface area contributed by atoms with Crippen LogP contribution in [0.1, 0.15) is 5.56 Å². The summed E-state index contributed by atoms with van der Waals surface area (Å²) in [6.07, 6.45) is 1.39. The van der Waals surface area contributed by atoms with Crippen LogP contribution in [-0.2, 0) is 0 Å². The van der Waals surface area contributed by atoms with Crippen LogP contribution in [0.5, 0.6) is 0 Å². The fourth-order valence-electron chi connectivity index (χ4n) is 1.37. The molecule has 0 amide bonds. The molecule has 0 atom stereocenters. The first-order valence-corrected chi connectivity index (χ1v) is 5.55. The highest BCUT2D eigenvalue weighted by Gasteiger charge is 2.10. The lowest BCUT2D eigenvalue weighted by atomic mass is 10.2. The van der Waals surface area contributed by atoms with Gasteiger partial charge in [0.05, 0.1) is 5.69 Å². The van der Waals surface area contributed by atoms with E-state index in [9.17, 15) is 13.2 Å². The zero-order valence-electron chi connectivity index (χ0n) is 9.45. The number of hydrogen-bond donors (Lipinski definition) is 2. The van der Waals surface area contributed by atoms with Gasteiger partial charge in [0.2, 0.25) is 0 Å². The van der Waals surface area contributed by atoms with Gasteiger partial charge in [0, 0.05) is 23.9 Å². The van der Waals surface area contributed by atoms with Gasteiger partial charge in [-0.1, -0.05) is 12.2 Å². The minimum Gasteiger partial charge on any atom is -0.389 e. The van der Waals surface area contributed by atoms with E-state index in [4.69, 9.17) is 18.0 Å². The van der Waals surface area contributed by atoms with Crippen LogP contribution in [0.15, 0.2) is 30.5 Å². The average molecular weight is 283 g/mol. The third-order valence-corrected chi connectivity index (χ3v) is 2.56. The van der Waals surface area contributed by atoms with Crippen molar-refractivity contribution in [1.82, 2.24) is 4.98 Å². The van der Waals surface area contributed by atoms with Crippen LogP contribution in [0.3, 0.4) is 0 Å². The van der Waals surface area contributed by atoms with E-state index in [1.54, 1.807) is 6.07 Å². The van der Waals surface area contributed by atoms with Crippen molar-refractivity contribution in [2.45, 2.75) is 0 Å². The summed E-state index contributed by atoms with van der Waals surface area (Å²) < 4.78 is 39.1. The Morgan fingerprint density at radius 1 is 1.11 bits per heavy atom. The SMILES string of the molecule is NC(=S)c1ccc(Nc2cc(F)c(F)cc2F)nc1. The number of nitrogens with two attached hydrogens (primary N) is 1. The Balaban J connectivity index is 2.26. The van der Waals surface area contributed by atoms with E-state index in [1.807, 2.05) is 0 Å². The molecular formula is C12H8F3N3S. The van der Waals surface area contributed by atoms with E-state index in [0.29, 0.717) is 17.7 Å². The van der Waals surface area contributed by atoms with Crippen molar-refractivity contribution < 1.29 is 13.2 Å². The molecule has 98 valence electrons. The molecule has 3 N–H and O–H groups in total. The fourth-order valence-corrected chi connectivity index (χ4v) is 1.49. The third-order valence-electron chi connectivity index (χ3n) is 2.32. The molecule has 2 rings (SSSR count). The van der Waals surface area contributed by atoms with Crippen LogP contribution in [0.2, 0.25) is 0 Å². The predicted molar refractivity (Wildman–Crippen MR) is 69.7 cm³/mol. The Labute approximate surface area is 112 Å². The molecule has 19 heavy (non-hydrogen) atoms. The molecule has 0 aliphatic heterocycles. The maximum absolute atomic E-state index is 13.4. The molecule has 0 unspecified atom stereocenters. The molecule has 2 aromatic rings. The summed E-state index contributed by atoms with van der Waals surface area (Å²) in [5, 5.41) is 2.53. The summed E-state index contributed by atoms with van der Waals surface area (Å²) in [6.45, 7) is 0. The Kier molecular flexibility index (Phi) is 3.66. The van der Waals surface area contributed by atoms with E-state index in [2.05, 4.69) is 10.3 Å². The topological polar surface area (TPSA) is 50.9 Å². The standard InChI is InChI=1S/C12H8F3N3S/c13-7-3-9(15)10(4-8(7)14)18-11-2-1-6(5-17-11)12(16)19/h1-5H,(H2,16,19)(H,17,18). The number of pyridine rings is 1. The van der Waals surface area contributed by atoms with Gasteiger partial charge < -0.3 is 11.1 Å². The fraction of sp³-hybridized carbons (Fsp3) is 0. The molecule has 0 saturated carbocycles. The van der Waals surface area contributed by atoms with E-state index < -0.39 is 17.5 Å². The molecular weight excluding hydrogens is 275 g/mol. The third kappa shape index (κ3) is 3.00. The van der Waals surface area contributed by atoms with Gasteiger partial charge in [-0.25, -0.2) is 18.2 Å². The number of halogens is 3. The molecule has 0 fully saturated rings. The number of aromatic nitrogens is 1. The number of rotatable bonds is 3.